The molecule has 0 aliphatic rings. The Morgan fingerprint density at radius 3 is 2.68 bits per heavy atom. The first kappa shape index (κ1) is 14.2. The molecule has 2 nitrogen and oxygen atoms in total. The minimum Gasteiger partial charge on any atom is -0.310 e. The molecule has 1 aromatic heterocycles. The van der Waals surface area contributed by atoms with Gasteiger partial charge in [0.05, 0.1) is 5.01 Å². The number of benzene rings is 1. The van der Waals surface area contributed by atoms with Crippen LogP contribution in [0.15, 0.2) is 24.4 Å². The van der Waals surface area contributed by atoms with Gasteiger partial charge in [0.15, 0.2) is 0 Å². The number of nitrogens with zero attached hydrogens (tertiary/aromatic N) is 1. The smallest absolute Gasteiger partial charge is 0.0972 e. The minimum absolute atomic E-state index is 0.519. The summed E-state index contributed by atoms with van der Waals surface area (Å²) in [5.74, 6) is 0. The second-order valence-corrected chi connectivity index (χ2v) is 6.55. The topological polar surface area (TPSA) is 24.9 Å². The average molecular weight is 274 g/mol. The molecule has 0 amide bonds. The first-order chi connectivity index (χ1) is 9.04. The van der Waals surface area contributed by atoms with E-state index in [1.165, 1.54) is 26.6 Å². The fourth-order valence-electron chi connectivity index (χ4n) is 1.90. The van der Waals surface area contributed by atoms with Crippen molar-refractivity contribution in [2.75, 3.05) is 0 Å². The Morgan fingerprint density at radius 2 is 2.00 bits per heavy atom. The van der Waals surface area contributed by atoms with Crippen molar-refractivity contribution in [3.8, 4) is 0 Å². The monoisotopic (exact) mass is 274 g/mol. The standard InChI is InChI=1S/C16H22N2S/c1-11(2)17-9-15-10-18-16(19-15)8-14-6-5-12(3)13(4)7-14/h5-7,10-11,17H,8-9H2,1-4H3. The molecule has 0 bridgehead atoms. The Balaban J connectivity index is 2.01. The van der Waals surface area contributed by atoms with Gasteiger partial charge in [-0.15, -0.1) is 11.3 Å². The van der Waals surface area contributed by atoms with Gasteiger partial charge >= 0.3 is 0 Å². The molecule has 3 heteroatoms. The molecule has 0 aliphatic carbocycles. The van der Waals surface area contributed by atoms with E-state index in [4.69, 9.17) is 0 Å². The van der Waals surface area contributed by atoms with E-state index in [-0.39, 0.29) is 0 Å². The molecular formula is C16H22N2S. The van der Waals surface area contributed by atoms with Crippen LogP contribution in [-0.2, 0) is 13.0 Å². The normalized spacial score (nSPS) is 11.2. The van der Waals surface area contributed by atoms with Crippen molar-refractivity contribution in [1.29, 1.82) is 0 Å². The Labute approximate surface area is 119 Å². The summed E-state index contributed by atoms with van der Waals surface area (Å²) in [5.41, 5.74) is 4.06. The fraction of sp³-hybridized carbons (Fsp3) is 0.438. The van der Waals surface area contributed by atoms with Crippen LogP contribution < -0.4 is 5.32 Å². The maximum Gasteiger partial charge on any atom is 0.0972 e. The molecule has 2 aromatic rings. The van der Waals surface area contributed by atoms with Gasteiger partial charge in [0.1, 0.15) is 0 Å². The van der Waals surface area contributed by atoms with Gasteiger partial charge in [-0.05, 0) is 30.5 Å². The third-order valence-corrected chi connectivity index (χ3v) is 4.21. The van der Waals surface area contributed by atoms with Gasteiger partial charge in [-0.1, -0.05) is 32.0 Å². The highest BCUT2D eigenvalue weighted by Gasteiger charge is 2.05. The summed E-state index contributed by atoms with van der Waals surface area (Å²) >= 11 is 1.81. The summed E-state index contributed by atoms with van der Waals surface area (Å²) in [6.07, 6.45) is 2.93. The number of hydrogen-bond donors (Lipinski definition) is 1. The molecule has 102 valence electrons. The summed E-state index contributed by atoms with van der Waals surface area (Å²) < 4.78 is 0. The number of thiazole rings is 1. The second kappa shape index (κ2) is 6.31. The van der Waals surface area contributed by atoms with E-state index in [1.54, 1.807) is 11.3 Å². The van der Waals surface area contributed by atoms with Gasteiger partial charge in [-0.3, -0.25) is 0 Å². The average Bonchev–Trinajstić information content (AvgIpc) is 2.79. The molecule has 0 atom stereocenters. The van der Waals surface area contributed by atoms with Crippen molar-refractivity contribution in [2.24, 2.45) is 0 Å². The van der Waals surface area contributed by atoms with Crippen LogP contribution in [0, 0.1) is 13.8 Å². The summed E-state index contributed by atoms with van der Waals surface area (Å²) in [6.45, 7) is 9.56. The summed E-state index contributed by atoms with van der Waals surface area (Å²) in [5, 5.41) is 4.62. The van der Waals surface area contributed by atoms with Crippen LogP contribution in [0.2, 0.25) is 0 Å². The molecule has 1 heterocycles. The van der Waals surface area contributed by atoms with Crippen LogP contribution >= 0.6 is 11.3 Å². The first-order valence-corrected chi connectivity index (χ1v) is 7.59. The quantitative estimate of drug-likeness (QED) is 0.896. The number of aryl methyl sites for hydroxylation is 2. The zero-order valence-electron chi connectivity index (χ0n) is 12.2. The predicted octanol–water partition coefficient (Wildman–Crippen LogP) is 3.85. The first-order valence-electron chi connectivity index (χ1n) is 6.77. The lowest BCUT2D eigenvalue weighted by Gasteiger charge is -2.05. The van der Waals surface area contributed by atoms with E-state index >= 15 is 0 Å². The van der Waals surface area contributed by atoms with E-state index in [1.807, 2.05) is 6.20 Å². The molecule has 0 saturated carbocycles. The number of hydrogen-bond acceptors (Lipinski definition) is 3. The highest BCUT2D eigenvalue weighted by Crippen LogP contribution is 2.18. The van der Waals surface area contributed by atoms with Crippen molar-refractivity contribution in [1.82, 2.24) is 10.3 Å². The van der Waals surface area contributed by atoms with E-state index in [0.717, 1.165) is 13.0 Å². The number of nitrogens with one attached hydrogen (secondary N) is 1. The number of aromatic nitrogens is 1. The predicted molar refractivity (Wildman–Crippen MR) is 82.8 cm³/mol. The lowest BCUT2D eigenvalue weighted by Crippen LogP contribution is -2.21. The fourth-order valence-corrected chi connectivity index (χ4v) is 2.81. The highest BCUT2D eigenvalue weighted by molar-refractivity contribution is 7.11. The van der Waals surface area contributed by atoms with Crippen molar-refractivity contribution in [3.05, 3.63) is 51.0 Å². The van der Waals surface area contributed by atoms with Gasteiger partial charge in [0.25, 0.3) is 0 Å². The van der Waals surface area contributed by atoms with Crippen LogP contribution in [0.5, 0.6) is 0 Å². The van der Waals surface area contributed by atoms with Crippen molar-refractivity contribution < 1.29 is 0 Å². The molecule has 2 rings (SSSR count). The minimum atomic E-state index is 0.519. The molecule has 0 fully saturated rings. The van der Waals surface area contributed by atoms with Gasteiger partial charge in [-0.2, -0.15) is 0 Å². The van der Waals surface area contributed by atoms with E-state index in [0.29, 0.717) is 6.04 Å². The lowest BCUT2D eigenvalue weighted by atomic mass is 10.0. The van der Waals surface area contributed by atoms with Gasteiger partial charge in [0, 0.05) is 30.1 Å². The second-order valence-electron chi connectivity index (χ2n) is 5.35. The molecular weight excluding hydrogens is 252 g/mol. The van der Waals surface area contributed by atoms with Crippen LogP contribution in [0.4, 0.5) is 0 Å². The SMILES string of the molecule is Cc1ccc(Cc2ncc(CNC(C)C)s2)cc1C. The van der Waals surface area contributed by atoms with Crippen LogP contribution in [0.1, 0.15) is 40.4 Å². The highest BCUT2D eigenvalue weighted by atomic mass is 32.1. The molecule has 19 heavy (non-hydrogen) atoms. The van der Waals surface area contributed by atoms with E-state index in [2.05, 4.69) is 56.2 Å². The third kappa shape index (κ3) is 4.15. The lowest BCUT2D eigenvalue weighted by molar-refractivity contribution is 0.593. The Bertz CT molecular complexity index is 543. The zero-order valence-corrected chi connectivity index (χ0v) is 13.0. The van der Waals surface area contributed by atoms with E-state index < -0.39 is 0 Å². The molecule has 0 aliphatic heterocycles. The van der Waals surface area contributed by atoms with Gasteiger partial charge in [0.2, 0.25) is 0 Å². The molecule has 1 N–H and O–H groups in total. The largest absolute Gasteiger partial charge is 0.310 e. The van der Waals surface area contributed by atoms with Gasteiger partial charge < -0.3 is 5.32 Å². The van der Waals surface area contributed by atoms with Gasteiger partial charge in [-0.25, -0.2) is 4.98 Å². The summed E-state index contributed by atoms with van der Waals surface area (Å²) in [4.78, 5) is 5.83. The molecule has 0 saturated heterocycles. The van der Waals surface area contributed by atoms with Crippen LogP contribution in [0.25, 0.3) is 0 Å². The number of rotatable bonds is 5. The summed E-state index contributed by atoms with van der Waals surface area (Å²) in [6, 6.07) is 7.18. The Morgan fingerprint density at radius 1 is 1.21 bits per heavy atom. The Hall–Kier alpha value is -1.19. The van der Waals surface area contributed by atoms with Crippen LogP contribution in [0.3, 0.4) is 0 Å². The maximum absolute atomic E-state index is 4.52. The Kier molecular flexibility index (Phi) is 4.72. The van der Waals surface area contributed by atoms with Crippen molar-refractivity contribution in [2.45, 2.75) is 46.7 Å². The molecule has 1 aromatic carbocycles. The zero-order chi connectivity index (χ0) is 13.8. The van der Waals surface area contributed by atoms with Crippen LogP contribution in [-0.4, -0.2) is 11.0 Å². The van der Waals surface area contributed by atoms with Crippen molar-refractivity contribution in [3.63, 3.8) is 0 Å². The summed E-state index contributed by atoms with van der Waals surface area (Å²) in [7, 11) is 0. The van der Waals surface area contributed by atoms with Crippen molar-refractivity contribution >= 4 is 11.3 Å². The van der Waals surface area contributed by atoms with E-state index in [9.17, 15) is 0 Å². The maximum atomic E-state index is 4.52. The molecule has 0 spiro atoms. The molecule has 0 radical (unpaired) electrons. The third-order valence-electron chi connectivity index (χ3n) is 3.21. The molecule has 0 unspecified atom stereocenters.